The topological polar surface area (TPSA) is 77.3 Å². The number of hydrogen-bond donors (Lipinski definition) is 0. The minimum absolute atomic E-state index is 0.127. The largest absolute Gasteiger partial charge is 0.293 e. The van der Waals surface area contributed by atoms with Crippen LogP contribution in [-0.4, -0.2) is 20.7 Å². The second-order valence-electron chi connectivity index (χ2n) is 4.17. The summed E-state index contributed by atoms with van der Waals surface area (Å²) < 4.78 is 25.0. The number of ketones is 1. The number of halogens is 1. The molecule has 0 heterocycles. The van der Waals surface area contributed by atoms with E-state index in [0.29, 0.717) is 0 Å². The molecule has 0 aliphatic carbocycles. The van der Waals surface area contributed by atoms with Crippen molar-refractivity contribution in [2.45, 2.75) is 4.90 Å². The molecule has 0 aliphatic heterocycles. The van der Waals surface area contributed by atoms with Gasteiger partial charge >= 0.3 is 0 Å². The zero-order valence-electron chi connectivity index (χ0n) is 10.7. The van der Waals surface area contributed by atoms with E-state index in [1.807, 2.05) is 0 Å². The van der Waals surface area contributed by atoms with Gasteiger partial charge in [0.2, 0.25) is 0 Å². The van der Waals surface area contributed by atoms with Gasteiger partial charge in [0.15, 0.2) is 5.78 Å². The van der Waals surface area contributed by atoms with E-state index < -0.39 is 27.3 Å². The smallest absolute Gasteiger partial charge is 0.269 e. The fraction of sp³-hybridized carbons (Fsp3) is 0.0714. The molecule has 0 spiro atoms. The summed E-state index contributed by atoms with van der Waals surface area (Å²) in [6.07, 6.45) is 0. The Morgan fingerprint density at radius 2 is 1.86 bits per heavy atom. The Morgan fingerprint density at radius 1 is 1.19 bits per heavy atom. The van der Waals surface area contributed by atoms with E-state index in [1.165, 1.54) is 42.5 Å². The number of Topliss-reactive ketones (excluding diaryl/α,β-unsaturated/α-hetero) is 1. The summed E-state index contributed by atoms with van der Waals surface area (Å²) in [5.41, 5.74) is 0.100. The van der Waals surface area contributed by atoms with Crippen molar-refractivity contribution in [3.63, 3.8) is 0 Å². The van der Waals surface area contributed by atoms with Crippen molar-refractivity contribution in [1.29, 1.82) is 0 Å². The quantitative estimate of drug-likeness (QED) is 0.483. The van der Waals surface area contributed by atoms with Gasteiger partial charge in [-0.2, -0.15) is 0 Å². The molecule has 0 N–H and O–H groups in total. The summed E-state index contributed by atoms with van der Waals surface area (Å²) in [6.45, 7) is 0. The third-order valence-corrected chi connectivity index (χ3v) is 4.03. The first kappa shape index (κ1) is 15.0. The van der Waals surface area contributed by atoms with E-state index in [-0.39, 0.29) is 21.9 Å². The number of nitro benzene ring substituents is 1. The molecule has 0 saturated carbocycles. The van der Waals surface area contributed by atoms with E-state index in [4.69, 9.17) is 0 Å². The predicted octanol–water partition coefficient (Wildman–Crippen LogP) is 2.72. The van der Waals surface area contributed by atoms with Gasteiger partial charge in [-0.25, -0.2) is 4.39 Å². The lowest BCUT2D eigenvalue weighted by atomic mass is 10.1. The summed E-state index contributed by atoms with van der Waals surface area (Å²) >= 11 is 0. The molecule has 2 aromatic carbocycles. The molecule has 7 heteroatoms. The molecule has 0 saturated heterocycles. The number of hydrogen-bond acceptors (Lipinski definition) is 4. The molecule has 0 amide bonds. The average Bonchev–Trinajstić information content (AvgIpc) is 2.47. The van der Waals surface area contributed by atoms with Crippen LogP contribution in [0.2, 0.25) is 0 Å². The summed E-state index contributed by atoms with van der Waals surface area (Å²) in [5.74, 6) is -1.25. The lowest BCUT2D eigenvalue weighted by Crippen LogP contribution is -2.11. The predicted molar refractivity (Wildman–Crippen MR) is 75.1 cm³/mol. The van der Waals surface area contributed by atoms with E-state index in [1.54, 1.807) is 0 Å². The van der Waals surface area contributed by atoms with Gasteiger partial charge in [0.1, 0.15) is 5.82 Å². The summed E-state index contributed by atoms with van der Waals surface area (Å²) in [4.78, 5) is 22.1. The molecule has 108 valence electrons. The molecule has 0 fully saturated rings. The number of benzene rings is 2. The highest BCUT2D eigenvalue weighted by Gasteiger charge is 2.14. The van der Waals surface area contributed by atoms with Crippen LogP contribution in [0.4, 0.5) is 10.1 Å². The van der Waals surface area contributed by atoms with Crippen LogP contribution in [0.3, 0.4) is 0 Å². The molecular formula is C14H10FNO4S. The highest BCUT2D eigenvalue weighted by Crippen LogP contribution is 2.14. The number of nitrogens with zero attached hydrogens (tertiary/aromatic N) is 1. The molecule has 2 aromatic rings. The maximum atomic E-state index is 13.0. The number of carbonyl (C=O) groups excluding carboxylic acids is 1. The Balaban J connectivity index is 2.10. The average molecular weight is 307 g/mol. The minimum Gasteiger partial charge on any atom is -0.293 e. The van der Waals surface area contributed by atoms with Crippen molar-refractivity contribution in [2.75, 3.05) is 5.75 Å². The third kappa shape index (κ3) is 3.79. The first-order valence-corrected chi connectivity index (χ1v) is 7.21. The number of nitro groups is 1. The Morgan fingerprint density at radius 3 is 2.43 bits per heavy atom. The number of carbonyl (C=O) groups is 1. The normalized spacial score (nSPS) is 11.9. The van der Waals surface area contributed by atoms with Crippen LogP contribution in [0.5, 0.6) is 0 Å². The van der Waals surface area contributed by atoms with E-state index in [9.17, 15) is 23.5 Å². The molecule has 0 aromatic heterocycles. The maximum absolute atomic E-state index is 13.0. The lowest BCUT2D eigenvalue weighted by molar-refractivity contribution is -0.384. The highest BCUT2D eigenvalue weighted by atomic mass is 32.2. The molecule has 1 unspecified atom stereocenters. The van der Waals surface area contributed by atoms with Crippen LogP contribution in [-0.2, 0) is 10.8 Å². The lowest BCUT2D eigenvalue weighted by Gasteiger charge is -2.02. The van der Waals surface area contributed by atoms with Crippen molar-refractivity contribution >= 4 is 22.3 Å². The Labute approximate surface area is 122 Å². The molecule has 0 aliphatic rings. The van der Waals surface area contributed by atoms with Gasteiger partial charge in [-0.3, -0.25) is 19.1 Å². The minimum atomic E-state index is -1.66. The molecular weight excluding hydrogens is 297 g/mol. The van der Waals surface area contributed by atoms with Gasteiger partial charge in [0, 0.05) is 22.6 Å². The fourth-order valence-electron chi connectivity index (χ4n) is 1.66. The molecule has 0 radical (unpaired) electrons. The monoisotopic (exact) mass is 307 g/mol. The second-order valence-corrected chi connectivity index (χ2v) is 5.63. The van der Waals surface area contributed by atoms with Gasteiger partial charge in [-0.1, -0.05) is 6.07 Å². The van der Waals surface area contributed by atoms with Crippen LogP contribution in [0.15, 0.2) is 53.4 Å². The molecule has 21 heavy (non-hydrogen) atoms. The fourth-order valence-corrected chi connectivity index (χ4v) is 2.71. The van der Waals surface area contributed by atoms with Crippen LogP contribution in [0, 0.1) is 15.9 Å². The molecule has 0 bridgehead atoms. The van der Waals surface area contributed by atoms with E-state index in [2.05, 4.69) is 0 Å². The van der Waals surface area contributed by atoms with Crippen LogP contribution in [0.1, 0.15) is 10.4 Å². The zero-order valence-corrected chi connectivity index (χ0v) is 11.5. The first-order valence-electron chi connectivity index (χ1n) is 5.89. The third-order valence-electron chi connectivity index (χ3n) is 2.72. The second kappa shape index (κ2) is 6.36. The van der Waals surface area contributed by atoms with Crippen molar-refractivity contribution in [3.8, 4) is 0 Å². The van der Waals surface area contributed by atoms with Crippen molar-refractivity contribution < 1.29 is 18.3 Å². The SMILES string of the molecule is O=C(CS(=O)c1cccc(F)c1)c1ccc([N+](=O)[O-])cc1. The Hall–Kier alpha value is -2.41. The first-order chi connectivity index (χ1) is 9.97. The maximum Gasteiger partial charge on any atom is 0.269 e. The molecule has 1 atom stereocenters. The van der Waals surface area contributed by atoms with Crippen molar-refractivity contribution in [2.24, 2.45) is 0 Å². The van der Waals surface area contributed by atoms with Gasteiger partial charge in [-0.05, 0) is 30.3 Å². The van der Waals surface area contributed by atoms with E-state index >= 15 is 0 Å². The zero-order chi connectivity index (χ0) is 15.4. The number of non-ortho nitro benzene ring substituents is 1. The summed E-state index contributed by atoms with van der Waals surface area (Å²) in [6, 6.07) is 10.3. The standard InChI is InChI=1S/C14H10FNO4S/c15-11-2-1-3-13(8-11)21(20)9-14(17)10-4-6-12(7-5-10)16(18)19/h1-8H,9H2. The highest BCUT2D eigenvalue weighted by molar-refractivity contribution is 7.85. The van der Waals surface area contributed by atoms with Crippen LogP contribution < -0.4 is 0 Å². The van der Waals surface area contributed by atoms with Crippen LogP contribution >= 0.6 is 0 Å². The van der Waals surface area contributed by atoms with Crippen molar-refractivity contribution in [3.05, 3.63) is 70.0 Å². The van der Waals surface area contributed by atoms with Gasteiger partial charge in [-0.15, -0.1) is 0 Å². The molecule has 2 rings (SSSR count). The molecule has 5 nitrogen and oxygen atoms in total. The van der Waals surface area contributed by atoms with Gasteiger partial charge in [0.05, 0.1) is 21.5 Å². The van der Waals surface area contributed by atoms with Gasteiger partial charge < -0.3 is 0 Å². The van der Waals surface area contributed by atoms with Crippen molar-refractivity contribution in [1.82, 2.24) is 0 Å². The van der Waals surface area contributed by atoms with E-state index in [0.717, 1.165) is 6.07 Å². The Bertz CT molecular complexity index is 715. The number of rotatable bonds is 5. The van der Waals surface area contributed by atoms with Gasteiger partial charge in [0.25, 0.3) is 5.69 Å². The van der Waals surface area contributed by atoms with Crippen LogP contribution in [0.25, 0.3) is 0 Å². The summed E-state index contributed by atoms with van der Waals surface area (Å²) in [5, 5.41) is 10.5. The Kier molecular flexibility index (Phi) is 4.54. The summed E-state index contributed by atoms with van der Waals surface area (Å²) in [7, 11) is -1.66.